The zero-order valence-electron chi connectivity index (χ0n) is 10.9. The molecule has 4 heteroatoms. The van der Waals surface area contributed by atoms with Gasteiger partial charge in [0.05, 0.1) is 13.2 Å². The molecule has 0 aromatic carbocycles. The van der Waals surface area contributed by atoms with Gasteiger partial charge in [0, 0.05) is 31.6 Å². The smallest absolute Gasteiger partial charge is 0.224 e. The van der Waals surface area contributed by atoms with E-state index >= 15 is 0 Å². The molecule has 3 atom stereocenters. The molecule has 0 aromatic heterocycles. The zero-order valence-corrected chi connectivity index (χ0v) is 10.9. The normalized spacial score (nSPS) is 34.0. The first-order valence-electron chi connectivity index (χ1n) is 6.81. The van der Waals surface area contributed by atoms with Gasteiger partial charge in [-0.15, -0.1) is 0 Å². The van der Waals surface area contributed by atoms with E-state index in [2.05, 4.69) is 24.1 Å². The van der Waals surface area contributed by atoms with Crippen molar-refractivity contribution in [2.24, 2.45) is 5.92 Å². The number of amides is 1. The molecule has 1 N–H and O–H groups in total. The van der Waals surface area contributed by atoms with Crippen molar-refractivity contribution >= 4 is 5.91 Å². The zero-order chi connectivity index (χ0) is 12.3. The molecule has 0 radical (unpaired) electrons. The molecule has 2 aliphatic heterocycles. The van der Waals surface area contributed by atoms with E-state index in [1.54, 1.807) is 0 Å². The monoisotopic (exact) mass is 240 g/mol. The molecule has 17 heavy (non-hydrogen) atoms. The van der Waals surface area contributed by atoms with Crippen LogP contribution < -0.4 is 5.32 Å². The van der Waals surface area contributed by atoms with Gasteiger partial charge >= 0.3 is 0 Å². The van der Waals surface area contributed by atoms with Gasteiger partial charge in [-0.25, -0.2) is 0 Å². The molecule has 4 nitrogen and oxygen atoms in total. The van der Waals surface area contributed by atoms with E-state index in [4.69, 9.17) is 4.74 Å². The molecule has 98 valence electrons. The van der Waals surface area contributed by atoms with Crippen molar-refractivity contribution in [2.75, 3.05) is 26.3 Å². The Morgan fingerprint density at radius 1 is 1.53 bits per heavy atom. The highest BCUT2D eigenvalue weighted by atomic mass is 16.5. The molecule has 3 unspecified atom stereocenters. The molecule has 0 saturated carbocycles. The van der Waals surface area contributed by atoms with Crippen LogP contribution in [0.1, 0.15) is 33.1 Å². The van der Waals surface area contributed by atoms with Crippen molar-refractivity contribution in [2.45, 2.75) is 45.2 Å². The standard InChI is InChI=1S/C13H24N2O2/c1-3-12-6-10(2)8-15(12)13(16)7-11-9-17-5-4-14-11/h10-12,14H,3-9H2,1-2H3. The number of ether oxygens (including phenoxy) is 1. The minimum absolute atomic E-state index is 0.213. The maximum atomic E-state index is 12.3. The predicted molar refractivity (Wildman–Crippen MR) is 66.8 cm³/mol. The molecule has 2 fully saturated rings. The summed E-state index contributed by atoms with van der Waals surface area (Å²) in [5.74, 6) is 0.948. The van der Waals surface area contributed by atoms with Crippen LogP contribution in [0.4, 0.5) is 0 Å². The number of rotatable bonds is 3. The lowest BCUT2D eigenvalue weighted by molar-refractivity contribution is -0.133. The van der Waals surface area contributed by atoms with Gasteiger partial charge < -0.3 is 15.0 Å². The van der Waals surface area contributed by atoms with Crippen molar-refractivity contribution in [1.29, 1.82) is 0 Å². The molecule has 2 saturated heterocycles. The average Bonchev–Trinajstić information content (AvgIpc) is 2.72. The molecular weight excluding hydrogens is 216 g/mol. The number of nitrogens with zero attached hydrogens (tertiary/aromatic N) is 1. The molecule has 2 rings (SSSR count). The van der Waals surface area contributed by atoms with Gasteiger partial charge in [0.25, 0.3) is 0 Å². The molecule has 0 bridgehead atoms. The lowest BCUT2D eigenvalue weighted by Crippen LogP contribution is -2.46. The lowest BCUT2D eigenvalue weighted by atomic mass is 10.1. The highest BCUT2D eigenvalue weighted by molar-refractivity contribution is 5.77. The topological polar surface area (TPSA) is 41.6 Å². The minimum Gasteiger partial charge on any atom is -0.378 e. The number of morpholine rings is 1. The van der Waals surface area contributed by atoms with E-state index in [9.17, 15) is 4.79 Å². The Kier molecular flexibility index (Phi) is 4.40. The summed E-state index contributed by atoms with van der Waals surface area (Å²) in [6.07, 6.45) is 2.82. The SMILES string of the molecule is CCC1CC(C)CN1C(=O)CC1COCCN1. The third-order valence-corrected chi connectivity index (χ3v) is 3.83. The van der Waals surface area contributed by atoms with Crippen LogP contribution in [0.2, 0.25) is 0 Å². The van der Waals surface area contributed by atoms with Crippen molar-refractivity contribution < 1.29 is 9.53 Å². The van der Waals surface area contributed by atoms with E-state index in [-0.39, 0.29) is 6.04 Å². The third-order valence-electron chi connectivity index (χ3n) is 3.83. The first-order chi connectivity index (χ1) is 8.20. The second kappa shape index (κ2) is 5.83. The van der Waals surface area contributed by atoms with Crippen LogP contribution in [-0.4, -0.2) is 49.2 Å². The van der Waals surface area contributed by atoms with Gasteiger partial charge in [-0.1, -0.05) is 13.8 Å². The maximum absolute atomic E-state index is 12.3. The summed E-state index contributed by atoms with van der Waals surface area (Å²) < 4.78 is 5.39. The first kappa shape index (κ1) is 12.8. The fraction of sp³-hybridized carbons (Fsp3) is 0.923. The number of hydrogen-bond donors (Lipinski definition) is 1. The van der Waals surface area contributed by atoms with Crippen molar-refractivity contribution in [3.63, 3.8) is 0 Å². The van der Waals surface area contributed by atoms with Crippen LogP contribution in [0, 0.1) is 5.92 Å². The summed E-state index contributed by atoms with van der Waals surface area (Å²) >= 11 is 0. The van der Waals surface area contributed by atoms with E-state index in [0.717, 1.165) is 32.5 Å². The maximum Gasteiger partial charge on any atom is 0.224 e. The Hall–Kier alpha value is -0.610. The summed E-state index contributed by atoms with van der Waals surface area (Å²) in [7, 11) is 0. The summed E-state index contributed by atoms with van der Waals surface area (Å²) in [4.78, 5) is 14.3. The molecular formula is C13H24N2O2. The summed E-state index contributed by atoms with van der Waals surface area (Å²) in [6, 6.07) is 0.673. The second-order valence-corrected chi connectivity index (χ2v) is 5.38. The molecule has 0 aromatic rings. The van der Waals surface area contributed by atoms with E-state index in [1.807, 2.05) is 0 Å². The minimum atomic E-state index is 0.213. The van der Waals surface area contributed by atoms with Crippen LogP contribution in [0.15, 0.2) is 0 Å². The molecule has 1 amide bonds. The van der Waals surface area contributed by atoms with Crippen LogP contribution in [0.3, 0.4) is 0 Å². The van der Waals surface area contributed by atoms with E-state index in [1.165, 1.54) is 0 Å². The first-order valence-corrected chi connectivity index (χ1v) is 6.81. The summed E-state index contributed by atoms with van der Waals surface area (Å²) in [5.41, 5.74) is 0. The van der Waals surface area contributed by atoms with Gasteiger partial charge in [-0.05, 0) is 18.8 Å². The fourth-order valence-electron chi connectivity index (χ4n) is 2.92. The second-order valence-electron chi connectivity index (χ2n) is 5.38. The Morgan fingerprint density at radius 2 is 2.35 bits per heavy atom. The number of carbonyl (C=O) groups is 1. The van der Waals surface area contributed by atoms with Crippen LogP contribution in [-0.2, 0) is 9.53 Å². The van der Waals surface area contributed by atoms with Crippen LogP contribution >= 0.6 is 0 Å². The Morgan fingerprint density at radius 3 is 3.00 bits per heavy atom. The van der Waals surface area contributed by atoms with Gasteiger partial charge in [0.2, 0.25) is 5.91 Å². The lowest BCUT2D eigenvalue weighted by Gasteiger charge is -2.28. The Balaban J connectivity index is 1.85. The van der Waals surface area contributed by atoms with Crippen molar-refractivity contribution in [1.82, 2.24) is 10.2 Å². The average molecular weight is 240 g/mol. The summed E-state index contributed by atoms with van der Waals surface area (Å²) in [5, 5.41) is 3.35. The fourth-order valence-corrected chi connectivity index (χ4v) is 2.92. The van der Waals surface area contributed by atoms with Crippen molar-refractivity contribution in [3.05, 3.63) is 0 Å². The molecule has 2 heterocycles. The van der Waals surface area contributed by atoms with E-state index in [0.29, 0.717) is 30.9 Å². The van der Waals surface area contributed by atoms with Crippen LogP contribution in [0.25, 0.3) is 0 Å². The van der Waals surface area contributed by atoms with E-state index < -0.39 is 0 Å². The summed E-state index contributed by atoms with van der Waals surface area (Å²) in [6.45, 7) is 7.65. The van der Waals surface area contributed by atoms with Gasteiger partial charge in [0.15, 0.2) is 0 Å². The number of likely N-dealkylation sites (tertiary alicyclic amines) is 1. The third kappa shape index (κ3) is 3.19. The van der Waals surface area contributed by atoms with Gasteiger partial charge in [-0.3, -0.25) is 4.79 Å². The highest BCUT2D eigenvalue weighted by Gasteiger charge is 2.32. The molecule has 2 aliphatic rings. The van der Waals surface area contributed by atoms with Gasteiger partial charge in [0.1, 0.15) is 0 Å². The number of carbonyl (C=O) groups excluding carboxylic acids is 1. The number of nitrogens with one attached hydrogen (secondary N) is 1. The Labute approximate surface area is 104 Å². The highest BCUT2D eigenvalue weighted by Crippen LogP contribution is 2.25. The van der Waals surface area contributed by atoms with Gasteiger partial charge in [-0.2, -0.15) is 0 Å². The largest absolute Gasteiger partial charge is 0.378 e. The Bertz CT molecular complexity index is 264. The number of hydrogen-bond acceptors (Lipinski definition) is 3. The van der Waals surface area contributed by atoms with Crippen LogP contribution in [0.5, 0.6) is 0 Å². The van der Waals surface area contributed by atoms with Crippen molar-refractivity contribution in [3.8, 4) is 0 Å². The quantitative estimate of drug-likeness (QED) is 0.800. The molecule has 0 aliphatic carbocycles. The predicted octanol–water partition coefficient (Wildman–Crippen LogP) is 1.01. The molecule has 0 spiro atoms.